The highest BCUT2D eigenvalue weighted by molar-refractivity contribution is 6.32. The third kappa shape index (κ3) is 9.16. The van der Waals surface area contributed by atoms with Gasteiger partial charge in [-0.2, -0.15) is 0 Å². The fourth-order valence-corrected chi connectivity index (χ4v) is 0.340. The number of pyridine rings is 1. The van der Waals surface area contributed by atoms with Crippen molar-refractivity contribution in [3.63, 3.8) is 0 Å². The minimum Gasteiger partial charge on any atom is -0.456 e. The van der Waals surface area contributed by atoms with Gasteiger partial charge in [0.2, 0.25) is 0 Å². The molecule has 0 fully saturated rings. The van der Waals surface area contributed by atoms with Crippen molar-refractivity contribution in [2.75, 3.05) is 0 Å². The first-order valence-corrected chi connectivity index (χ1v) is 2.84. The first-order chi connectivity index (χ1) is 5.41. The second-order valence-corrected chi connectivity index (χ2v) is 1.37. The van der Waals surface area contributed by atoms with Gasteiger partial charge in [-0.1, -0.05) is 6.07 Å². The Labute approximate surface area is 66.5 Å². The molecule has 1 aromatic heterocycles. The van der Waals surface area contributed by atoms with Crippen LogP contribution in [0, 0.1) is 0 Å². The van der Waals surface area contributed by atoms with Gasteiger partial charge in [-0.15, -0.1) is 0 Å². The van der Waals surface area contributed by atoms with Gasteiger partial charge in [0.15, 0.2) is 0 Å². The van der Waals surface area contributed by atoms with E-state index in [4.69, 9.17) is 10.0 Å². The van der Waals surface area contributed by atoms with Crippen molar-refractivity contribution < 1.29 is 14.6 Å². The zero-order chi connectivity index (χ0) is 8.36. The summed E-state index contributed by atoms with van der Waals surface area (Å²) >= 11 is 0. The van der Waals surface area contributed by atoms with E-state index in [0.717, 1.165) is 0 Å². The maximum absolute atomic E-state index is 7.53. The van der Waals surface area contributed by atoms with Gasteiger partial charge in [0.25, 0.3) is 0 Å². The van der Waals surface area contributed by atoms with Crippen LogP contribution in [0.15, 0.2) is 30.6 Å². The van der Waals surface area contributed by atoms with Crippen LogP contribution in [-0.4, -0.2) is 30.4 Å². The Morgan fingerprint density at radius 2 is 1.55 bits per heavy atom. The van der Waals surface area contributed by atoms with Crippen LogP contribution in [0.3, 0.4) is 0 Å². The molecule has 0 amide bonds. The van der Waals surface area contributed by atoms with E-state index < -0.39 is 0 Å². The highest BCUT2D eigenvalue weighted by Crippen LogP contribution is 1.73. The van der Waals surface area contributed by atoms with Gasteiger partial charge in [-0.05, 0) is 12.1 Å². The molecule has 0 aromatic carbocycles. The number of hydrogen-bond acceptors (Lipinski definition) is 4. The van der Waals surface area contributed by atoms with E-state index in [1.54, 1.807) is 12.4 Å². The molecule has 0 saturated heterocycles. The van der Waals surface area contributed by atoms with Gasteiger partial charge in [0, 0.05) is 12.4 Å². The Hall–Kier alpha value is -0.840. The van der Waals surface area contributed by atoms with Crippen LogP contribution < -0.4 is 0 Å². The molecular formula is C5H7B2NO3. The Balaban J connectivity index is 0.000000187. The van der Waals surface area contributed by atoms with E-state index in [1.165, 1.54) is 0 Å². The highest BCUT2D eigenvalue weighted by atomic mass is 16.5. The van der Waals surface area contributed by atoms with E-state index in [1.807, 2.05) is 18.2 Å². The van der Waals surface area contributed by atoms with Crippen molar-refractivity contribution in [3.05, 3.63) is 30.6 Å². The molecule has 0 unspecified atom stereocenters. The topological polar surface area (TPSA) is 62.6 Å². The molecule has 0 atom stereocenters. The molecule has 0 bridgehead atoms. The monoisotopic (exact) mass is 151 g/mol. The molecule has 0 aliphatic rings. The Morgan fingerprint density at radius 3 is 1.64 bits per heavy atom. The fourth-order valence-electron chi connectivity index (χ4n) is 0.340. The lowest BCUT2D eigenvalue weighted by Crippen LogP contribution is -2.00. The van der Waals surface area contributed by atoms with E-state index in [-0.39, 0.29) is 0 Å². The van der Waals surface area contributed by atoms with Crippen molar-refractivity contribution in [1.82, 2.24) is 4.98 Å². The number of nitrogens with zero attached hydrogens (tertiary/aromatic N) is 1. The number of rotatable bonds is 2. The third-order valence-electron chi connectivity index (χ3n) is 0.688. The van der Waals surface area contributed by atoms with Gasteiger partial charge >= 0.3 is 15.4 Å². The average Bonchev–Trinajstić information content (AvgIpc) is 2.10. The molecule has 2 N–H and O–H groups in total. The maximum atomic E-state index is 7.53. The lowest BCUT2D eigenvalue weighted by molar-refractivity contribution is 0.408. The molecule has 0 saturated carbocycles. The maximum Gasteiger partial charge on any atom is 0.469 e. The van der Waals surface area contributed by atoms with E-state index in [2.05, 4.69) is 9.56 Å². The van der Waals surface area contributed by atoms with Gasteiger partial charge in [-0.25, -0.2) is 0 Å². The van der Waals surface area contributed by atoms with Crippen LogP contribution in [0.5, 0.6) is 0 Å². The van der Waals surface area contributed by atoms with Crippen molar-refractivity contribution in [2.24, 2.45) is 0 Å². The Kier molecular flexibility index (Phi) is 8.46. The molecule has 1 rings (SSSR count). The molecule has 0 aliphatic carbocycles. The van der Waals surface area contributed by atoms with Crippen LogP contribution in [0.25, 0.3) is 0 Å². The lowest BCUT2D eigenvalue weighted by Gasteiger charge is -1.78. The molecule has 6 heteroatoms. The van der Waals surface area contributed by atoms with Gasteiger partial charge in [-0.3, -0.25) is 4.98 Å². The van der Waals surface area contributed by atoms with Gasteiger partial charge in [0.1, 0.15) is 0 Å². The van der Waals surface area contributed by atoms with Crippen molar-refractivity contribution in [1.29, 1.82) is 0 Å². The summed E-state index contributed by atoms with van der Waals surface area (Å²) in [5.74, 6) is 0. The second-order valence-electron chi connectivity index (χ2n) is 1.37. The standard InChI is InChI=1S/C5H5N.B2H2O3/c1-2-4-6-5-3-1;3-1-5-2-4/h1-5H;3-4H. The summed E-state index contributed by atoms with van der Waals surface area (Å²) in [5, 5.41) is 15.1. The molecule has 0 aliphatic heterocycles. The van der Waals surface area contributed by atoms with Gasteiger partial charge < -0.3 is 14.6 Å². The summed E-state index contributed by atoms with van der Waals surface area (Å²) in [6, 6.07) is 5.72. The summed E-state index contributed by atoms with van der Waals surface area (Å²) < 4.78 is 3.69. The molecule has 56 valence electrons. The predicted octanol–water partition coefficient (Wildman–Crippen LogP) is -0.862. The highest BCUT2D eigenvalue weighted by Gasteiger charge is 1.80. The number of hydrogen-bond donors (Lipinski definition) is 2. The summed E-state index contributed by atoms with van der Waals surface area (Å²) in [6.07, 6.45) is 3.50. The number of aromatic nitrogens is 1. The third-order valence-corrected chi connectivity index (χ3v) is 0.688. The SMILES string of the molecule is O[B]O[B]O.c1ccncc1. The van der Waals surface area contributed by atoms with Crippen LogP contribution in [-0.2, 0) is 4.57 Å². The summed E-state index contributed by atoms with van der Waals surface area (Å²) in [4.78, 5) is 3.78. The predicted molar refractivity (Wildman–Crippen MR) is 41.3 cm³/mol. The smallest absolute Gasteiger partial charge is 0.456 e. The molecule has 11 heavy (non-hydrogen) atoms. The normalized spacial score (nSPS) is 7.45. The Bertz CT molecular complexity index is 123. The summed E-state index contributed by atoms with van der Waals surface area (Å²) in [7, 11) is 0.750. The minimum atomic E-state index is 0.375. The minimum absolute atomic E-state index is 0.375. The zero-order valence-electron chi connectivity index (χ0n) is 5.79. The van der Waals surface area contributed by atoms with Crippen LogP contribution in [0.2, 0.25) is 0 Å². The lowest BCUT2D eigenvalue weighted by atomic mass is 10.3. The first kappa shape index (κ1) is 10.2. The summed E-state index contributed by atoms with van der Waals surface area (Å²) in [6.45, 7) is 0. The zero-order valence-corrected chi connectivity index (χ0v) is 5.79. The molecule has 1 heterocycles. The van der Waals surface area contributed by atoms with Crippen molar-refractivity contribution in [3.8, 4) is 0 Å². The fraction of sp³-hybridized carbons (Fsp3) is 0. The van der Waals surface area contributed by atoms with E-state index >= 15 is 0 Å². The molecule has 4 nitrogen and oxygen atoms in total. The quantitative estimate of drug-likeness (QED) is 0.539. The largest absolute Gasteiger partial charge is 0.469 e. The molecular weight excluding hydrogens is 144 g/mol. The van der Waals surface area contributed by atoms with E-state index in [0.29, 0.717) is 15.4 Å². The average molecular weight is 151 g/mol. The van der Waals surface area contributed by atoms with Crippen molar-refractivity contribution >= 4 is 15.4 Å². The molecule has 2 radical (unpaired) electrons. The second kappa shape index (κ2) is 9.16. The Morgan fingerprint density at radius 1 is 1.00 bits per heavy atom. The molecule has 1 aromatic rings. The van der Waals surface area contributed by atoms with E-state index in [9.17, 15) is 0 Å². The van der Waals surface area contributed by atoms with Crippen LogP contribution in [0.4, 0.5) is 0 Å². The van der Waals surface area contributed by atoms with Crippen molar-refractivity contribution in [2.45, 2.75) is 0 Å². The summed E-state index contributed by atoms with van der Waals surface area (Å²) in [5.41, 5.74) is 0. The van der Waals surface area contributed by atoms with Crippen LogP contribution >= 0.6 is 0 Å². The van der Waals surface area contributed by atoms with Crippen LogP contribution in [0.1, 0.15) is 0 Å². The molecule has 0 spiro atoms. The van der Waals surface area contributed by atoms with Gasteiger partial charge in [0.05, 0.1) is 0 Å². The first-order valence-electron chi connectivity index (χ1n) is 2.84.